The first-order valence-corrected chi connectivity index (χ1v) is 8.58. The molecule has 0 aromatic carbocycles. The molecule has 112 valence electrons. The van der Waals surface area contributed by atoms with Gasteiger partial charge in [0.2, 0.25) is 0 Å². The van der Waals surface area contributed by atoms with Gasteiger partial charge in [0, 0.05) is 29.4 Å². The van der Waals surface area contributed by atoms with E-state index in [0.29, 0.717) is 13.0 Å². The summed E-state index contributed by atoms with van der Waals surface area (Å²) in [7, 11) is 0. The largest absolute Gasteiger partial charge is 0.389 e. The zero-order valence-corrected chi connectivity index (χ0v) is 13.0. The van der Waals surface area contributed by atoms with Gasteiger partial charge in [-0.05, 0) is 44.2 Å². The molecule has 1 saturated heterocycles. The number of piperidine rings is 1. The molecule has 2 aliphatic rings. The van der Waals surface area contributed by atoms with E-state index in [4.69, 9.17) is 0 Å². The van der Waals surface area contributed by atoms with Crippen LogP contribution in [0.2, 0.25) is 0 Å². The number of aliphatic hydroxyl groups excluding tert-OH is 1. The number of hydrogen-bond donors (Lipinski definition) is 2. The van der Waals surface area contributed by atoms with E-state index in [0.717, 1.165) is 19.0 Å². The zero-order valence-electron chi connectivity index (χ0n) is 12.2. The van der Waals surface area contributed by atoms with Crippen LogP contribution < -0.4 is 0 Å². The highest BCUT2D eigenvalue weighted by Crippen LogP contribution is 2.38. The Morgan fingerprint density at radius 1 is 1.35 bits per heavy atom. The monoisotopic (exact) mass is 295 g/mol. The maximum Gasteiger partial charge on any atom is 0.0951 e. The average molecular weight is 295 g/mol. The minimum Gasteiger partial charge on any atom is -0.389 e. The highest BCUT2D eigenvalue weighted by molar-refractivity contribution is 7.12. The van der Waals surface area contributed by atoms with Gasteiger partial charge in [-0.25, -0.2) is 0 Å². The lowest BCUT2D eigenvalue weighted by Crippen LogP contribution is -2.53. The van der Waals surface area contributed by atoms with Gasteiger partial charge in [-0.3, -0.25) is 4.90 Å². The summed E-state index contributed by atoms with van der Waals surface area (Å²) in [5.41, 5.74) is -0.916. The SMILES string of the molecule is C[C@]1(O)CCN(Cc2ccc(C3CCCC3)s2)C[C@@H]1O. The maximum atomic E-state index is 10.0. The highest BCUT2D eigenvalue weighted by Gasteiger charge is 2.36. The lowest BCUT2D eigenvalue weighted by Gasteiger charge is -2.39. The second kappa shape index (κ2) is 5.76. The normalized spacial score (nSPS) is 32.9. The Morgan fingerprint density at radius 2 is 2.10 bits per heavy atom. The summed E-state index contributed by atoms with van der Waals surface area (Å²) in [6, 6.07) is 4.55. The first-order chi connectivity index (χ1) is 9.54. The fraction of sp³-hybridized carbons (Fsp3) is 0.750. The third kappa shape index (κ3) is 3.08. The highest BCUT2D eigenvalue weighted by atomic mass is 32.1. The van der Waals surface area contributed by atoms with Gasteiger partial charge in [0.15, 0.2) is 0 Å². The molecule has 1 saturated carbocycles. The van der Waals surface area contributed by atoms with E-state index < -0.39 is 11.7 Å². The van der Waals surface area contributed by atoms with E-state index in [1.54, 1.807) is 11.8 Å². The lowest BCUT2D eigenvalue weighted by molar-refractivity contribution is -0.108. The second-order valence-electron chi connectivity index (χ2n) is 6.64. The van der Waals surface area contributed by atoms with Crippen LogP contribution in [0.1, 0.15) is 54.7 Å². The van der Waals surface area contributed by atoms with Crippen molar-refractivity contribution >= 4 is 11.3 Å². The average Bonchev–Trinajstić information content (AvgIpc) is 3.04. The van der Waals surface area contributed by atoms with E-state index in [1.807, 2.05) is 11.3 Å². The molecule has 4 heteroatoms. The van der Waals surface area contributed by atoms with E-state index >= 15 is 0 Å². The van der Waals surface area contributed by atoms with Crippen LogP contribution in [0.15, 0.2) is 12.1 Å². The summed E-state index contributed by atoms with van der Waals surface area (Å²) in [6.07, 6.45) is 5.48. The van der Waals surface area contributed by atoms with Crippen molar-refractivity contribution in [3.05, 3.63) is 21.9 Å². The molecule has 0 radical (unpaired) electrons. The summed E-state index contributed by atoms with van der Waals surface area (Å²) in [6.45, 7) is 4.08. The summed E-state index contributed by atoms with van der Waals surface area (Å²) >= 11 is 1.94. The van der Waals surface area contributed by atoms with E-state index in [1.165, 1.54) is 30.6 Å². The number of thiophene rings is 1. The summed E-state index contributed by atoms with van der Waals surface area (Å²) in [5.74, 6) is 0.793. The maximum absolute atomic E-state index is 10.0. The van der Waals surface area contributed by atoms with E-state index in [-0.39, 0.29) is 0 Å². The van der Waals surface area contributed by atoms with Gasteiger partial charge in [0.1, 0.15) is 0 Å². The number of nitrogens with zero attached hydrogens (tertiary/aromatic N) is 1. The van der Waals surface area contributed by atoms with Crippen LogP contribution in [0.3, 0.4) is 0 Å². The standard InChI is InChI=1S/C16H25NO2S/c1-16(19)8-9-17(11-15(16)18)10-13-6-7-14(20-13)12-4-2-3-5-12/h6-7,12,15,18-19H,2-5,8-11H2,1H3/t15-,16-/m0/s1. The second-order valence-corrected chi connectivity index (χ2v) is 7.84. The molecular formula is C16H25NO2S. The van der Waals surface area contributed by atoms with Crippen LogP contribution in [-0.2, 0) is 6.54 Å². The van der Waals surface area contributed by atoms with Crippen molar-refractivity contribution in [2.45, 2.75) is 63.2 Å². The van der Waals surface area contributed by atoms with Crippen molar-refractivity contribution in [2.24, 2.45) is 0 Å². The summed E-state index contributed by atoms with van der Waals surface area (Å²) < 4.78 is 0. The molecule has 1 aliphatic heterocycles. The van der Waals surface area contributed by atoms with Crippen molar-refractivity contribution in [3.8, 4) is 0 Å². The Bertz CT molecular complexity index is 451. The number of rotatable bonds is 3. The van der Waals surface area contributed by atoms with Gasteiger partial charge in [-0.15, -0.1) is 11.3 Å². The Balaban J connectivity index is 1.58. The Labute approximate surface area is 125 Å². The molecule has 1 aliphatic carbocycles. The smallest absolute Gasteiger partial charge is 0.0951 e. The molecule has 2 atom stereocenters. The first kappa shape index (κ1) is 14.5. The molecule has 2 fully saturated rings. The predicted octanol–water partition coefficient (Wildman–Crippen LogP) is 2.72. The van der Waals surface area contributed by atoms with Gasteiger partial charge < -0.3 is 10.2 Å². The molecular weight excluding hydrogens is 270 g/mol. The van der Waals surface area contributed by atoms with Crippen LogP contribution in [0, 0.1) is 0 Å². The minimum atomic E-state index is -0.916. The van der Waals surface area contributed by atoms with Crippen molar-refractivity contribution in [2.75, 3.05) is 13.1 Å². The molecule has 3 nitrogen and oxygen atoms in total. The molecule has 1 aromatic heterocycles. The molecule has 0 unspecified atom stereocenters. The molecule has 0 spiro atoms. The fourth-order valence-corrected chi connectivity index (χ4v) is 4.58. The van der Waals surface area contributed by atoms with Crippen LogP contribution in [-0.4, -0.2) is 39.9 Å². The molecule has 2 N–H and O–H groups in total. The van der Waals surface area contributed by atoms with Crippen LogP contribution >= 0.6 is 11.3 Å². The van der Waals surface area contributed by atoms with Crippen molar-refractivity contribution in [1.29, 1.82) is 0 Å². The Morgan fingerprint density at radius 3 is 2.80 bits per heavy atom. The first-order valence-electron chi connectivity index (χ1n) is 7.76. The van der Waals surface area contributed by atoms with Crippen molar-refractivity contribution in [3.63, 3.8) is 0 Å². The van der Waals surface area contributed by atoms with Crippen LogP contribution in [0.5, 0.6) is 0 Å². The number of β-amino-alcohol motifs (C(OH)–C–C–N with tert-alkyl or cyclic N) is 1. The van der Waals surface area contributed by atoms with Gasteiger partial charge in [-0.1, -0.05) is 12.8 Å². The van der Waals surface area contributed by atoms with Gasteiger partial charge in [-0.2, -0.15) is 0 Å². The lowest BCUT2D eigenvalue weighted by atomic mass is 9.91. The molecule has 0 amide bonds. The molecule has 3 rings (SSSR count). The molecule has 1 aromatic rings. The van der Waals surface area contributed by atoms with E-state index in [2.05, 4.69) is 17.0 Å². The Kier molecular flexibility index (Phi) is 4.18. The van der Waals surface area contributed by atoms with Gasteiger partial charge in [0.25, 0.3) is 0 Å². The van der Waals surface area contributed by atoms with Crippen LogP contribution in [0.25, 0.3) is 0 Å². The van der Waals surface area contributed by atoms with Crippen molar-refractivity contribution < 1.29 is 10.2 Å². The van der Waals surface area contributed by atoms with Crippen molar-refractivity contribution in [1.82, 2.24) is 4.90 Å². The number of aliphatic hydroxyl groups is 2. The van der Waals surface area contributed by atoms with Gasteiger partial charge in [0.05, 0.1) is 11.7 Å². The zero-order chi connectivity index (χ0) is 14.2. The van der Waals surface area contributed by atoms with Gasteiger partial charge >= 0.3 is 0 Å². The third-order valence-corrected chi connectivity index (χ3v) is 6.14. The quantitative estimate of drug-likeness (QED) is 0.901. The number of hydrogen-bond acceptors (Lipinski definition) is 4. The Hall–Kier alpha value is -0.420. The molecule has 0 bridgehead atoms. The third-order valence-electron chi connectivity index (χ3n) is 4.90. The molecule has 20 heavy (non-hydrogen) atoms. The summed E-state index contributed by atoms with van der Waals surface area (Å²) in [5, 5.41) is 20.0. The number of likely N-dealkylation sites (tertiary alicyclic amines) is 1. The predicted molar refractivity (Wildman–Crippen MR) is 82.1 cm³/mol. The topological polar surface area (TPSA) is 43.7 Å². The van der Waals surface area contributed by atoms with Crippen LogP contribution in [0.4, 0.5) is 0 Å². The summed E-state index contributed by atoms with van der Waals surface area (Å²) in [4.78, 5) is 5.19. The minimum absolute atomic E-state index is 0.573. The van der Waals surface area contributed by atoms with E-state index in [9.17, 15) is 10.2 Å². The molecule has 2 heterocycles. The fourth-order valence-electron chi connectivity index (χ4n) is 3.36.